The molecule has 0 aliphatic carbocycles. The molecule has 31 heavy (non-hydrogen) atoms. The molecular formula is C25H30N4O2. The molecule has 0 saturated carbocycles. The van der Waals surface area contributed by atoms with Gasteiger partial charge in [-0.05, 0) is 36.1 Å². The second-order valence-electron chi connectivity index (χ2n) is 8.08. The molecule has 2 amide bonds. The maximum absolute atomic E-state index is 12.7. The van der Waals surface area contributed by atoms with Crippen molar-refractivity contribution in [2.45, 2.75) is 26.2 Å². The second-order valence-corrected chi connectivity index (χ2v) is 8.08. The minimum absolute atomic E-state index is 0.0000115. The SMILES string of the molecule is CCc1ccccc1NC(=O)CN1CCN(C(=O)CCc2c[nH]c3ccccc23)CC1. The summed E-state index contributed by atoms with van der Waals surface area (Å²) in [5.41, 5.74) is 4.33. The number of para-hydroxylation sites is 2. The minimum Gasteiger partial charge on any atom is -0.361 e. The van der Waals surface area contributed by atoms with Gasteiger partial charge in [-0.25, -0.2) is 0 Å². The quantitative estimate of drug-likeness (QED) is 0.618. The largest absolute Gasteiger partial charge is 0.361 e. The number of rotatable bonds is 7. The number of nitrogens with zero attached hydrogens (tertiary/aromatic N) is 2. The summed E-state index contributed by atoms with van der Waals surface area (Å²) < 4.78 is 0. The fourth-order valence-corrected chi connectivity index (χ4v) is 4.24. The highest BCUT2D eigenvalue weighted by Gasteiger charge is 2.22. The lowest BCUT2D eigenvalue weighted by molar-refractivity contribution is -0.133. The van der Waals surface area contributed by atoms with Crippen molar-refractivity contribution in [2.75, 3.05) is 38.0 Å². The summed E-state index contributed by atoms with van der Waals surface area (Å²) in [4.78, 5) is 32.5. The number of fused-ring (bicyclic) bond motifs is 1. The van der Waals surface area contributed by atoms with Crippen LogP contribution in [0.15, 0.2) is 54.7 Å². The van der Waals surface area contributed by atoms with Gasteiger partial charge in [-0.15, -0.1) is 0 Å². The average molecular weight is 419 g/mol. The molecule has 4 rings (SSSR count). The Labute approximate surface area is 183 Å². The third-order valence-electron chi connectivity index (χ3n) is 6.05. The van der Waals surface area contributed by atoms with Crippen LogP contribution in [0.2, 0.25) is 0 Å². The van der Waals surface area contributed by atoms with E-state index in [4.69, 9.17) is 0 Å². The fourth-order valence-electron chi connectivity index (χ4n) is 4.24. The normalized spacial score (nSPS) is 14.7. The standard InChI is InChI=1S/C25H30N4O2/c1-2-19-7-3-5-9-22(19)27-24(30)18-28-13-15-29(16-14-28)25(31)12-11-20-17-26-23-10-6-4-8-21(20)23/h3-10,17,26H,2,11-16,18H2,1H3,(H,27,30). The van der Waals surface area contributed by atoms with Gasteiger partial charge in [0.15, 0.2) is 0 Å². The number of hydrogen-bond acceptors (Lipinski definition) is 3. The summed E-state index contributed by atoms with van der Waals surface area (Å²) in [6.45, 7) is 5.23. The molecule has 1 aromatic heterocycles. The van der Waals surface area contributed by atoms with E-state index in [0.717, 1.165) is 42.7 Å². The molecule has 0 unspecified atom stereocenters. The van der Waals surface area contributed by atoms with Crippen LogP contribution in [0.3, 0.4) is 0 Å². The highest BCUT2D eigenvalue weighted by atomic mass is 16.2. The van der Waals surface area contributed by atoms with E-state index in [-0.39, 0.29) is 11.8 Å². The highest BCUT2D eigenvalue weighted by Crippen LogP contribution is 2.20. The van der Waals surface area contributed by atoms with E-state index < -0.39 is 0 Å². The number of nitrogens with one attached hydrogen (secondary N) is 2. The van der Waals surface area contributed by atoms with Gasteiger partial charge in [0.2, 0.25) is 11.8 Å². The zero-order chi connectivity index (χ0) is 21.6. The number of carbonyl (C=O) groups is 2. The molecule has 2 aromatic carbocycles. The summed E-state index contributed by atoms with van der Waals surface area (Å²) in [5, 5.41) is 4.22. The third kappa shape index (κ3) is 5.14. The number of piperazine rings is 1. The molecule has 0 radical (unpaired) electrons. The van der Waals surface area contributed by atoms with Crippen LogP contribution in [0.4, 0.5) is 5.69 Å². The Kier molecular flexibility index (Phi) is 6.67. The lowest BCUT2D eigenvalue weighted by atomic mass is 10.1. The molecule has 1 aliphatic heterocycles. The Bertz CT molecular complexity index is 1050. The zero-order valence-corrected chi connectivity index (χ0v) is 18.1. The second kappa shape index (κ2) is 9.79. The molecule has 1 aliphatic rings. The molecule has 3 aromatic rings. The zero-order valence-electron chi connectivity index (χ0n) is 18.1. The number of H-pyrrole nitrogens is 1. The van der Waals surface area contributed by atoms with E-state index >= 15 is 0 Å². The first kappa shape index (κ1) is 21.1. The van der Waals surface area contributed by atoms with Gasteiger partial charge in [0.05, 0.1) is 6.54 Å². The summed E-state index contributed by atoms with van der Waals surface area (Å²) in [6, 6.07) is 16.1. The van der Waals surface area contributed by atoms with E-state index in [0.29, 0.717) is 26.1 Å². The van der Waals surface area contributed by atoms with Gasteiger partial charge in [-0.2, -0.15) is 0 Å². The molecule has 1 saturated heterocycles. The first-order chi connectivity index (χ1) is 15.1. The van der Waals surface area contributed by atoms with Crippen LogP contribution in [0.25, 0.3) is 10.9 Å². The maximum atomic E-state index is 12.7. The number of amides is 2. The van der Waals surface area contributed by atoms with Crippen LogP contribution >= 0.6 is 0 Å². The van der Waals surface area contributed by atoms with E-state index in [1.54, 1.807) is 0 Å². The number of aromatic nitrogens is 1. The Morgan fingerprint density at radius 3 is 2.52 bits per heavy atom. The Balaban J connectivity index is 1.22. The summed E-state index contributed by atoms with van der Waals surface area (Å²) in [5.74, 6) is 0.186. The molecule has 2 heterocycles. The predicted octanol–water partition coefficient (Wildman–Crippen LogP) is 3.45. The molecule has 6 nitrogen and oxygen atoms in total. The van der Waals surface area contributed by atoms with Crippen LogP contribution in [0, 0.1) is 0 Å². The monoisotopic (exact) mass is 418 g/mol. The molecule has 6 heteroatoms. The molecule has 0 spiro atoms. The molecule has 162 valence electrons. The van der Waals surface area contributed by atoms with Gasteiger partial charge >= 0.3 is 0 Å². The molecule has 0 atom stereocenters. The van der Waals surface area contributed by atoms with Crippen molar-refractivity contribution < 1.29 is 9.59 Å². The summed E-state index contributed by atoms with van der Waals surface area (Å²) >= 11 is 0. The molecular weight excluding hydrogens is 388 g/mol. The van der Waals surface area contributed by atoms with Crippen molar-refractivity contribution in [3.63, 3.8) is 0 Å². The number of aromatic amines is 1. The number of benzene rings is 2. The number of anilines is 1. The fraction of sp³-hybridized carbons (Fsp3) is 0.360. The Hall–Kier alpha value is -3.12. The topological polar surface area (TPSA) is 68.4 Å². The van der Waals surface area contributed by atoms with Gasteiger partial charge in [-0.3, -0.25) is 14.5 Å². The van der Waals surface area contributed by atoms with Crippen molar-refractivity contribution in [2.24, 2.45) is 0 Å². The van der Waals surface area contributed by atoms with Gasteiger partial charge in [-0.1, -0.05) is 43.3 Å². The van der Waals surface area contributed by atoms with E-state index in [2.05, 4.69) is 34.3 Å². The van der Waals surface area contributed by atoms with Crippen LogP contribution in [-0.2, 0) is 22.4 Å². The van der Waals surface area contributed by atoms with Crippen LogP contribution in [-0.4, -0.2) is 59.3 Å². The molecule has 2 N–H and O–H groups in total. The van der Waals surface area contributed by atoms with E-state index in [1.807, 2.05) is 47.5 Å². The van der Waals surface area contributed by atoms with E-state index in [1.165, 1.54) is 10.9 Å². The van der Waals surface area contributed by atoms with Crippen molar-refractivity contribution in [1.82, 2.24) is 14.8 Å². The highest BCUT2D eigenvalue weighted by molar-refractivity contribution is 5.93. The van der Waals surface area contributed by atoms with Gasteiger partial charge in [0.1, 0.15) is 0 Å². The number of aryl methyl sites for hydroxylation is 2. The summed E-state index contributed by atoms with van der Waals surface area (Å²) in [7, 11) is 0. The van der Waals surface area contributed by atoms with Crippen molar-refractivity contribution in [1.29, 1.82) is 0 Å². The number of hydrogen-bond donors (Lipinski definition) is 2. The van der Waals surface area contributed by atoms with Crippen molar-refractivity contribution >= 4 is 28.4 Å². The Morgan fingerprint density at radius 1 is 0.968 bits per heavy atom. The minimum atomic E-state index is 0.0000115. The van der Waals surface area contributed by atoms with E-state index in [9.17, 15) is 9.59 Å². The first-order valence-corrected chi connectivity index (χ1v) is 11.1. The van der Waals surface area contributed by atoms with Crippen molar-refractivity contribution in [3.8, 4) is 0 Å². The third-order valence-corrected chi connectivity index (χ3v) is 6.05. The molecule has 0 bridgehead atoms. The lowest BCUT2D eigenvalue weighted by Crippen LogP contribution is -2.50. The Morgan fingerprint density at radius 2 is 1.71 bits per heavy atom. The van der Waals surface area contributed by atoms with Crippen molar-refractivity contribution in [3.05, 3.63) is 65.9 Å². The van der Waals surface area contributed by atoms with Crippen LogP contribution in [0.1, 0.15) is 24.5 Å². The number of carbonyl (C=O) groups excluding carboxylic acids is 2. The maximum Gasteiger partial charge on any atom is 0.238 e. The first-order valence-electron chi connectivity index (χ1n) is 11.1. The van der Waals surface area contributed by atoms with Crippen LogP contribution < -0.4 is 5.32 Å². The smallest absolute Gasteiger partial charge is 0.238 e. The van der Waals surface area contributed by atoms with Gasteiger partial charge in [0, 0.05) is 55.4 Å². The van der Waals surface area contributed by atoms with Gasteiger partial charge in [0.25, 0.3) is 0 Å². The lowest BCUT2D eigenvalue weighted by Gasteiger charge is -2.34. The predicted molar refractivity (Wildman–Crippen MR) is 124 cm³/mol. The summed E-state index contributed by atoms with van der Waals surface area (Å²) in [6.07, 6.45) is 4.14. The average Bonchev–Trinajstić information content (AvgIpc) is 3.21. The van der Waals surface area contributed by atoms with Gasteiger partial charge < -0.3 is 15.2 Å². The van der Waals surface area contributed by atoms with Crippen LogP contribution in [0.5, 0.6) is 0 Å². The molecule has 1 fully saturated rings.